The average Bonchev–Trinajstić information content (AvgIpc) is 3.20. The summed E-state index contributed by atoms with van der Waals surface area (Å²) in [5, 5.41) is 14.5. The van der Waals surface area contributed by atoms with Gasteiger partial charge in [-0.15, -0.1) is 0 Å². The maximum atomic E-state index is 12.7. The first-order valence-corrected chi connectivity index (χ1v) is 9.00. The van der Waals surface area contributed by atoms with Crippen LogP contribution in [0.4, 0.5) is 11.5 Å². The number of H-pyrrole nitrogens is 1. The average molecular weight is 365 g/mol. The summed E-state index contributed by atoms with van der Waals surface area (Å²) in [5.41, 5.74) is 10.2. The highest BCUT2D eigenvalue weighted by atomic mass is 16.2. The van der Waals surface area contributed by atoms with Gasteiger partial charge in [-0.3, -0.25) is 14.6 Å². The van der Waals surface area contributed by atoms with E-state index in [9.17, 15) is 4.79 Å². The van der Waals surface area contributed by atoms with Crippen molar-refractivity contribution in [3.63, 3.8) is 0 Å². The van der Waals surface area contributed by atoms with Crippen LogP contribution in [0, 0.1) is 5.41 Å². The molecule has 4 N–H and O–H groups in total. The number of rotatable bonds is 4. The van der Waals surface area contributed by atoms with Crippen LogP contribution < -0.4 is 11.1 Å². The summed E-state index contributed by atoms with van der Waals surface area (Å²) in [6.45, 7) is 5.03. The zero-order valence-corrected chi connectivity index (χ0v) is 15.5. The fourth-order valence-electron chi connectivity index (χ4n) is 3.52. The number of hydrogen-bond donors (Lipinski definition) is 3. The van der Waals surface area contributed by atoms with Crippen molar-refractivity contribution in [1.29, 1.82) is 0 Å². The largest absolute Gasteiger partial charge is 0.384 e. The predicted octanol–water partition coefficient (Wildman–Crippen LogP) is 2.40. The second-order valence-corrected chi connectivity index (χ2v) is 7.84. The number of hydrogen-bond acceptors (Lipinski definition) is 5. The summed E-state index contributed by atoms with van der Waals surface area (Å²) in [7, 11) is 0. The standard InChI is InChI=1S/C19H23N7O/c1-19(2)5-3-14-15(8-19)24-25-17(14)18(27)23-13-9-22-26(11-13)10-12-4-6-21-16(20)7-12/h4,6-7,9,11H,3,5,8,10H2,1-2H3,(H2,20,21)(H,23,27)(H,24,25). The fourth-order valence-corrected chi connectivity index (χ4v) is 3.52. The molecule has 1 amide bonds. The van der Waals surface area contributed by atoms with Crippen molar-refractivity contribution < 1.29 is 4.79 Å². The molecule has 3 aromatic heterocycles. The Morgan fingerprint density at radius 2 is 2.30 bits per heavy atom. The number of aromatic amines is 1. The zero-order chi connectivity index (χ0) is 19.0. The minimum absolute atomic E-state index is 0.208. The van der Waals surface area contributed by atoms with E-state index in [1.807, 2.05) is 6.07 Å². The molecule has 0 radical (unpaired) electrons. The van der Waals surface area contributed by atoms with Gasteiger partial charge in [-0.05, 0) is 42.4 Å². The van der Waals surface area contributed by atoms with Gasteiger partial charge in [0.05, 0.1) is 18.4 Å². The number of fused-ring (bicyclic) bond motifs is 1. The Morgan fingerprint density at radius 3 is 3.11 bits per heavy atom. The molecule has 0 aliphatic heterocycles. The molecule has 0 fully saturated rings. The quantitative estimate of drug-likeness (QED) is 0.657. The van der Waals surface area contributed by atoms with Crippen molar-refractivity contribution in [2.45, 2.75) is 39.7 Å². The third-order valence-corrected chi connectivity index (χ3v) is 4.96. The van der Waals surface area contributed by atoms with Crippen molar-refractivity contribution in [2.24, 2.45) is 5.41 Å². The Labute approximate surface area is 157 Å². The summed E-state index contributed by atoms with van der Waals surface area (Å²) in [5.74, 6) is 0.263. The lowest BCUT2D eigenvalue weighted by atomic mass is 9.76. The third-order valence-electron chi connectivity index (χ3n) is 4.96. The molecule has 0 spiro atoms. The number of anilines is 2. The molecule has 4 rings (SSSR count). The van der Waals surface area contributed by atoms with E-state index in [0.29, 0.717) is 23.7 Å². The van der Waals surface area contributed by atoms with Gasteiger partial charge >= 0.3 is 0 Å². The number of amides is 1. The van der Waals surface area contributed by atoms with E-state index in [1.54, 1.807) is 29.3 Å². The maximum absolute atomic E-state index is 12.7. The van der Waals surface area contributed by atoms with E-state index in [0.717, 1.165) is 36.1 Å². The highest BCUT2D eigenvalue weighted by molar-refractivity contribution is 6.03. The second-order valence-electron chi connectivity index (χ2n) is 7.84. The van der Waals surface area contributed by atoms with Crippen molar-refractivity contribution in [1.82, 2.24) is 25.0 Å². The highest BCUT2D eigenvalue weighted by Crippen LogP contribution is 2.35. The van der Waals surface area contributed by atoms with Gasteiger partial charge in [-0.1, -0.05) is 13.8 Å². The third kappa shape index (κ3) is 3.69. The smallest absolute Gasteiger partial charge is 0.276 e. The monoisotopic (exact) mass is 365 g/mol. The number of pyridine rings is 1. The van der Waals surface area contributed by atoms with Crippen LogP contribution in [0.3, 0.4) is 0 Å². The summed E-state index contributed by atoms with van der Waals surface area (Å²) in [6.07, 6.45) is 7.91. The summed E-state index contributed by atoms with van der Waals surface area (Å²) in [4.78, 5) is 16.6. The minimum atomic E-state index is -0.208. The van der Waals surface area contributed by atoms with E-state index in [4.69, 9.17) is 5.73 Å². The van der Waals surface area contributed by atoms with Crippen LogP contribution in [0.25, 0.3) is 0 Å². The molecule has 0 bridgehead atoms. The first-order valence-electron chi connectivity index (χ1n) is 9.00. The number of nitrogens with two attached hydrogens (primary N) is 1. The summed E-state index contributed by atoms with van der Waals surface area (Å²) >= 11 is 0. The van der Waals surface area contributed by atoms with Crippen molar-refractivity contribution in [2.75, 3.05) is 11.1 Å². The molecule has 27 heavy (non-hydrogen) atoms. The number of nitrogen functional groups attached to an aromatic ring is 1. The molecule has 8 heteroatoms. The molecule has 140 valence electrons. The van der Waals surface area contributed by atoms with E-state index in [2.05, 4.69) is 39.4 Å². The van der Waals surface area contributed by atoms with Crippen LogP contribution in [0.1, 0.15) is 47.6 Å². The van der Waals surface area contributed by atoms with Crippen LogP contribution in [0.15, 0.2) is 30.7 Å². The van der Waals surface area contributed by atoms with E-state index in [1.165, 1.54) is 0 Å². The maximum Gasteiger partial charge on any atom is 0.276 e. The Morgan fingerprint density at radius 1 is 1.44 bits per heavy atom. The van der Waals surface area contributed by atoms with Gasteiger partial charge in [0.2, 0.25) is 0 Å². The molecule has 3 heterocycles. The summed E-state index contributed by atoms with van der Waals surface area (Å²) < 4.78 is 1.74. The lowest BCUT2D eigenvalue weighted by Crippen LogP contribution is -2.23. The highest BCUT2D eigenvalue weighted by Gasteiger charge is 2.30. The SMILES string of the molecule is CC1(C)CCc2c(C(=O)Nc3cnn(Cc4ccnc(N)c4)c3)n[nH]c2C1. The minimum Gasteiger partial charge on any atom is -0.384 e. The van der Waals surface area contributed by atoms with Crippen LogP contribution in [0.2, 0.25) is 0 Å². The predicted molar refractivity (Wildman–Crippen MR) is 102 cm³/mol. The van der Waals surface area contributed by atoms with Crippen LogP contribution in [-0.4, -0.2) is 30.9 Å². The molecule has 8 nitrogen and oxygen atoms in total. The molecule has 1 aliphatic rings. The van der Waals surface area contributed by atoms with Crippen LogP contribution in [0.5, 0.6) is 0 Å². The van der Waals surface area contributed by atoms with Crippen LogP contribution >= 0.6 is 0 Å². The first kappa shape index (κ1) is 17.3. The van der Waals surface area contributed by atoms with Gasteiger partial charge in [0.15, 0.2) is 5.69 Å². The molecular formula is C19H23N7O. The molecule has 0 aromatic carbocycles. The zero-order valence-electron chi connectivity index (χ0n) is 15.5. The van der Waals surface area contributed by atoms with E-state index >= 15 is 0 Å². The Balaban J connectivity index is 1.45. The van der Waals surface area contributed by atoms with Gasteiger partial charge in [0, 0.05) is 23.7 Å². The number of nitrogens with one attached hydrogen (secondary N) is 2. The second kappa shape index (κ2) is 6.53. The van der Waals surface area contributed by atoms with Gasteiger partial charge in [0.25, 0.3) is 5.91 Å². The number of aromatic nitrogens is 5. The Bertz CT molecular complexity index is 986. The number of carbonyl (C=O) groups is 1. The lowest BCUT2D eigenvalue weighted by Gasteiger charge is -2.28. The molecular weight excluding hydrogens is 342 g/mol. The molecule has 0 unspecified atom stereocenters. The lowest BCUT2D eigenvalue weighted by molar-refractivity contribution is 0.102. The van der Waals surface area contributed by atoms with Gasteiger partial charge in [-0.25, -0.2) is 4.98 Å². The normalized spacial score (nSPS) is 15.3. The first-order chi connectivity index (χ1) is 12.9. The summed E-state index contributed by atoms with van der Waals surface area (Å²) in [6, 6.07) is 3.69. The van der Waals surface area contributed by atoms with Crippen molar-refractivity contribution in [3.8, 4) is 0 Å². The number of carbonyl (C=O) groups excluding carboxylic acids is 1. The molecule has 0 saturated carbocycles. The van der Waals surface area contributed by atoms with Gasteiger partial charge in [-0.2, -0.15) is 10.2 Å². The molecule has 0 atom stereocenters. The van der Waals surface area contributed by atoms with E-state index in [-0.39, 0.29) is 11.3 Å². The van der Waals surface area contributed by atoms with E-state index < -0.39 is 0 Å². The fraction of sp³-hybridized carbons (Fsp3) is 0.368. The Hall–Kier alpha value is -3.16. The van der Waals surface area contributed by atoms with Gasteiger partial charge < -0.3 is 11.1 Å². The topological polar surface area (TPSA) is 115 Å². The molecule has 1 aliphatic carbocycles. The number of nitrogens with zero attached hydrogens (tertiary/aromatic N) is 4. The van der Waals surface area contributed by atoms with Crippen LogP contribution in [-0.2, 0) is 19.4 Å². The Kier molecular flexibility index (Phi) is 4.18. The molecule has 0 saturated heterocycles. The van der Waals surface area contributed by atoms with Crippen molar-refractivity contribution in [3.05, 3.63) is 53.2 Å². The van der Waals surface area contributed by atoms with Gasteiger partial charge in [0.1, 0.15) is 5.82 Å². The van der Waals surface area contributed by atoms with Crippen molar-refractivity contribution >= 4 is 17.4 Å². The molecule has 3 aromatic rings.